The number of sulfonamides is 1. The SMILES string of the molecule is CC(=O)c1ccc(S(=O)(=O)N2CCN(C(=O)NC3CCN(CC4CCCC4)CC3)CC2)cc1. The molecule has 2 amide bonds. The Morgan fingerprint density at radius 3 is 2.09 bits per heavy atom. The first-order valence-electron chi connectivity index (χ1n) is 12.2. The van der Waals surface area contributed by atoms with E-state index in [4.69, 9.17) is 0 Å². The molecule has 0 unspecified atom stereocenters. The molecular weight excluding hydrogens is 440 g/mol. The number of carbonyl (C=O) groups excluding carboxylic acids is 2. The first kappa shape index (κ1) is 24.2. The molecule has 2 saturated heterocycles. The largest absolute Gasteiger partial charge is 0.335 e. The molecule has 9 heteroatoms. The van der Waals surface area contributed by atoms with Gasteiger partial charge in [0.05, 0.1) is 4.90 Å². The van der Waals surface area contributed by atoms with E-state index in [-0.39, 0.29) is 35.8 Å². The number of likely N-dealkylation sites (tertiary alicyclic amines) is 1. The minimum absolute atomic E-state index is 0.0906. The molecule has 3 fully saturated rings. The third-order valence-electron chi connectivity index (χ3n) is 7.33. The fourth-order valence-electron chi connectivity index (χ4n) is 5.23. The van der Waals surface area contributed by atoms with Gasteiger partial charge in [-0.2, -0.15) is 4.31 Å². The molecule has 0 bridgehead atoms. The zero-order chi connectivity index (χ0) is 23.4. The maximum atomic E-state index is 12.9. The molecule has 3 aliphatic rings. The summed E-state index contributed by atoms with van der Waals surface area (Å²) in [4.78, 5) is 28.6. The van der Waals surface area contributed by atoms with Crippen molar-refractivity contribution in [3.63, 3.8) is 0 Å². The smallest absolute Gasteiger partial charge is 0.317 e. The fourth-order valence-corrected chi connectivity index (χ4v) is 6.65. The summed E-state index contributed by atoms with van der Waals surface area (Å²) in [5.41, 5.74) is 0.486. The van der Waals surface area contributed by atoms with Gasteiger partial charge in [0.2, 0.25) is 10.0 Å². The summed E-state index contributed by atoms with van der Waals surface area (Å²) < 4.78 is 27.3. The number of ketones is 1. The van der Waals surface area contributed by atoms with Crippen LogP contribution < -0.4 is 5.32 Å². The third-order valence-corrected chi connectivity index (χ3v) is 9.24. The summed E-state index contributed by atoms with van der Waals surface area (Å²) in [5.74, 6) is 0.758. The number of hydrogen-bond acceptors (Lipinski definition) is 5. The number of nitrogens with one attached hydrogen (secondary N) is 1. The van der Waals surface area contributed by atoms with E-state index < -0.39 is 10.0 Å². The summed E-state index contributed by atoms with van der Waals surface area (Å²) in [6, 6.07) is 6.13. The van der Waals surface area contributed by atoms with Gasteiger partial charge in [-0.1, -0.05) is 25.0 Å². The molecule has 0 spiro atoms. The fraction of sp³-hybridized carbons (Fsp3) is 0.667. The lowest BCUT2D eigenvalue weighted by Gasteiger charge is -2.37. The Bertz CT molecular complexity index is 928. The second kappa shape index (κ2) is 10.5. The molecule has 1 N–H and O–H groups in total. The lowest BCUT2D eigenvalue weighted by Crippen LogP contribution is -2.55. The third kappa shape index (κ3) is 5.94. The van der Waals surface area contributed by atoms with Crippen LogP contribution in [0.2, 0.25) is 0 Å². The summed E-state index contributed by atoms with van der Waals surface area (Å²) in [6.07, 6.45) is 7.42. The summed E-state index contributed by atoms with van der Waals surface area (Å²) in [6.45, 7) is 6.01. The monoisotopic (exact) mass is 476 g/mol. The number of piperidine rings is 1. The molecule has 33 heavy (non-hydrogen) atoms. The van der Waals surface area contributed by atoms with E-state index in [0.29, 0.717) is 18.7 Å². The number of benzene rings is 1. The quantitative estimate of drug-likeness (QED) is 0.638. The molecular formula is C24H36N4O4S. The van der Waals surface area contributed by atoms with Gasteiger partial charge in [-0.05, 0) is 50.7 Å². The van der Waals surface area contributed by atoms with E-state index in [1.54, 1.807) is 4.90 Å². The molecule has 0 radical (unpaired) electrons. The average Bonchev–Trinajstić information content (AvgIpc) is 3.33. The minimum Gasteiger partial charge on any atom is -0.335 e. The molecule has 2 heterocycles. The van der Waals surface area contributed by atoms with E-state index in [1.807, 2.05) is 0 Å². The van der Waals surface area contributed by atoms with Gasteiger partial charge in [-0.25, -0.2) is 13.2 Å². The number of nitrogens with zero attached hydrogens (tertiary/aromatic N) is 3. The standard InChI is InChI=1S/C24H36N4O4S/c1-19(29)21-6-8-23(9-7-21)33(31,32)28-16-14-27(15-17-28)24(30)25-22-10-12-26(13-11-22)18-20-4-2-3-5-20/h6-9,20,22H,2-5,10-18H2,1H3,(H,25,30). The molecule has 1 saturated carbocycles. The molecule has 0 atom stereocenters. The van der Waals surface area contributed by atoms with Crippen molar-refractivity contribution in [3.05, 3.63) is 29.8 Å². The Labute approximate surface area is 197 Å². The van der Waals surface area contributed by atoms with E-state index in [2.05, 4.69) is 10.2 Å². The van der Waals surface area contributed by atoms with E-state index in [0.717, 1.165) is 31.8 Å². The maximum Gasteiger partial charge on any atom is 0.317 e. The second-order valence-corrected chi connectivity index (χ2v) is 11.6. The highest BCUT2D eigenvalue weighted by atomic mass is 32.2. The first-order chi connectivity index (χ1) is 15.8. The van der Waals surface area contributed by atoms with Crippen LogP contribution in [0.4, 0.5) is 4.79 Å². The molecule has 1 aromatic carbocycles. The predicted molar refractivity (Wildman–Crippen MR) is 127 cm³/mol. The molecule has 182 valence electrons. The molecule has 1 aliphatic carbocycles. The Balaban J connectivity index is 1.22. The number of hydrogen-bond donors (Lipinski definition) is 1. The predicted octanol–water partition coefficient (Wildman–Crippen LogP) is 2.56. The highest BCUT2D eigenvalue weighted by Gasteiger charge is 2.31. The molecule has 1 aromatic rings. The van der Waals surface area contributed by atoms with Crippen LogP contribution in [0.25, 0.3) is 0 Å². The van der Waals surface area contributed by atoms with Gasteiger partial charge >= 0.3 is 6.03 Å². The second-order valence-electron chi connectivity index (χ2n) is 9.65. The Morgan fingerprint density at radius 2 is 1.52 bits per heavy atom. The van der Waals surface area contributed by atoms with Crippen LogP contribution in [0.3, 0.4) is 0 Å². The van der Waals surface area contributed by atoms with Crippen molar-refractivity contribution in [2.75, 3.05) is 45.8 Å². The van der Waals surface area contributed by atoms with Gasteiger partial charge in [0.25, 0.3) is 0 Å². The van der Waals surface area contributed by atoms with Gasteiger partial charge in [0, 0.05) is 57.4 Å². The van der Waals surface area contributed by atoms with Gasteiger partial charge in [0.1, 0.15) is 0 Å². The van der Waals surface area contributed by atoms with E-state index in [9.17, 15) is 18.0 Å². The average molecular weight is 477 g/mol. The number of carbonyl (C=O) groups is 2. The number of urea groups is 1. The van der Waals surface area contributed by atoms with Crippen molar-refractivity contribution in [1.82, 2.24) is 19.4 Å². The van der Waals surface area contributed by atoms with Gasteiger partial charge < -0.3 is 15.1 Å². The van der Waals surface area contributed by atoms with Crippen LogP contribution in [0, 0.1) is 5.92 Å². The lowest BCUT2D eigenvalue weighted by molar-refractivity contribution is 0.101. The molecule has 0 aromatic heterocycles. The number of Topliss-reactive ketones (excluding diaryl/α,β-unsaturated/α-hetero) is 1. The molecule has 8 nitrogen and oxygen atoms in total. The van der Waals surface area contributed by atoms with Crippen molar-refractivity contribution in [2.24, 2.45) is 5.92 Å². The molecule has 2 aliphatic heterocycles. The van der Waals surface area contributed by atoms with Crippen LogP contribution in [0.1, 0.15) is 55.8 Å². The summed E-state index contributed by atoms with van der Waals surface area (Å²) in [7, 11) is -3.64. The lowest BCUT2D eigenvalue weighted by atomic mass is 10.0. The zero-order valence-corrected chi connectivity index (χ0v) is 20.4. The van der Waals surface area contributed by atoms with Crippen molar-refractivity contribution in [3.8, 4) is 0 Å². The summed E-state index contributed by atoms with van der Waals surface area (Å²) >= 11 is 0. The highest BCUT2D eigenvalue weighted by molar-refractivity contribution is 7.89. The van der Waals surface area contributed by atoms with Crippen molar-refractivity contribution in [1.29, 1.82) is 0 Å². The number of amides is 2. The van der Waals surface area contributed by atoms with Gasteiger partial charge in [0.15, 0.2) is 5.78 Å². The van der Waals surface area contributed by atoms with Gasteiger partial charge in [-0.15, -0.1) is 0 Å². The number of piperazine rings is 1. The topological polar surface area (TPSA) is 90.0 Å². The van der Waals surface area contributed by atoms with Crippen molar-refractivity contribution in [2.45, 2.75) is 56.4 Å². The first-order valence-corrected chi connectivity index (χ1v) is 13.7. The zero-order valence-electron chi connectivity index (χ0n) is 19.5. The number of rotatable bonds is 6. The van der Waals surface area contributed by atoms with Crippen LogP contribution in [0.15, 0.2) is 29.2 Å². The van der Waals surface area contributed by atoms with Crippen LogP contribution in [0.5, 0.6) is 0 Å². The van der Waals surface area contributed by atoms with Crippen LogP contribution >= 0.6 is 0 Å². The van der Waals surface area contributed by atoms with Crippen molar-refractivity contribution >= 4 is 21.8 Å². The van der Waals surface area contributed by atoms with Gasteiger partial charge in [-0.3, -0.25) is 4.79 Å². The Kier molecular flexibility index (Phi) is 7.71. The minimum atomic E-state index is -3.64. The summed E-state index contributed by atoms with van der Waals surface area (Å²) in [5, 5.41) is 3.17. The normalized spacial score (nSPS) is 21.9. The highest BCUT2D eigenvalue weighted by Crippen LogP contribution is 2.26. The van der Waals surface area contributed by atoms with Crippen molar-refractivity contribution < 1.29 is 18.0 Å². The van der Waals surface area contributed by atoms with Crippen LogP contribution in [-0.2, 0) is 10.0 Å². The van der Waals surface area contributed by atoms with E-state index >= 15 is 0 Å². The van der Waals surface area contributed by atoms with E-state index in [1.165, 1.54) is 67.7 Å². The molecule has 4 rings (SSSR count). The van der Waals surface area contributed by atoms with Crippen LogP contribution in [-0.4, -0.2) is 86.2 Å². The maximum absolute atomic E-state index is 12.9. The Hall–Kier alpha value is -1.97. The Morgan fingerprint density at radius 1 is 0.909 bits per heavy atom.